The molecule has 3 heterocycles. The number of fused-ring (bicyclic) bond motifs is 1. The van der Waals surface area contributed by atoms with Gasteiger partial charge in [-0.3, -0.25) is 9.78 Å². The van der Waals surface area contributed by atoms with Crippen LogP contribution in [0.5, 0.6) is 0 Å². The zero-order valence-electron chi connectivity index (χ0n) is 12.5. The minimum Gasteiger partial charge on any atom is -0.368 e. The van der Waals surface area contributed by atoms with Crippen LogP contribution in [-0.4, -0.2) is 43.5 Å². The number of carbonyl (C=O) groups is 1. The second-order valence-electron chi connectivity index (χ2n) is 5.76. The molecule has 0 amide bonds. The highest BCUT2D eigenvalue weighted by atomic mass is 16.1. The lowest BCUT2D eigenvalue weighted by Gasteiger charge is -2.28. The van der Waals surface area contributed by atoms with Gasteiger partial charge in [-0.15, -0.1) is 6.42 Å². The molecular weight excluding hydrogens is 290 g/mol. The quantitative estimate of drug-likeness (QED) is 0.777. The molecule has 1 atom stereocenters. The Hall–Kier alpha value is -2.94. The third-order valence-corrected chi connectivity index (χ3v) is 4.46. The number of hydrogen-bond donors (Lipinski definition) is 0. The predicted molar refractivity (Wildman–Crippen MR) is 84.0 cm³/mol. The summed E-state index contributed by atoms with van der Waals surface area (Å²) in [6, 6.07) is 2.18. The van der Waals surface area contributed by atoms with E-state index in [0.29, 0.717) is 12.0 Å². The van der Waals surface area contributed by atoms with Gasteiger partial charge in [0.25, 0.3) is 0 Å². The zero-order valence-corrected chi connectivity index (χ0v) is 12.5. The van der Waals surface area contributed by atoms with Gasteiger partial charge in [0.05, 0.1) is 17.3 Å². The molecule has 2 aromatic rings. The molecule has 23 heavy (non-hydrogen) atoms. The highest BCUT2D eigenvalue weighted by molar-refractivity contribution is 6.10. The molecule has 1 aliphatic heterocycles. The second kappa shape index (κ2) is 5.36. The lowest BCUT2D eigenvalue weighted by molar-refractivity contribution is -0.114. The number of allylic oxidation sites excluding steroid dienone is 1. The second-order valence-corrected chi connectivity index (χ2v) is 5.76. The molecule has 2 aromatic heterocycles. The van der Waals surface area contributed by atoms with E-state index in [9.17, 15) is 4.79 Å². The molecule has 0 saturated carbocycles. The summed E-state index contributed by atoms with van der Waals surface area (Å²) in [5, 5.41) is 4.22. The average Bonchev–Trinajstić information content (AvgIpc) is 3.24. The average molecular weight is 305 g/mol. The zero-order chi connectivity index (χ0) is 15.8. The van der Waals surface area contributed by atoms with E-state index in [1.165, 1.54) is 0 Å². The van der Waals surface area contributed by atoms with Crippen molar-refractivity contribution in [2.24, 2.45) is 0 Å². The summed E-state index contributed by atoms with van der Waals surface area (Å²) in [6.45, 7) is 1.60. The van der Waals surface area contributed by atoms with Gasteiger partial charge in [-0.2, -0.15) is 5.10 Å². The van der Waals surface area contributed by atoms with Crippen LogP contribution in [0.15, 0.2) is 36.7 Å². The molecule has 1 saturated heterocycles. The topological polar surface area (TPSA) is 63.9 Å². The van der Waals surface area contributed by atoms with E-state index >= 15 is 0 Å². The Morgan fingerprint density at radius 2 is 2.26 bits per heavy atom. The fraction of sp³-hybridized carbons (Fsp3) is 0.294. The van der Waals surface area contributed by atoms with Gasteiger partial charge in [0.15, 0.2) is 5.78 Å². The van der Waals surface area contributed by atoms with Crippen LogP contribution in [-0.2, 0) is 11.2 Å². The Labute approximate surface area is 133 Å². The van der Waals surface area contributed by atoms with Crippen molar-refractivity contribution in [3.8, 4) is 12.3 Å². The molecule has 1 aliphatic carbocycles. The highest BCUT2D eigenvalue weighted by Gasteiger charge is 2.33. The molecule has 0 spiro atoms. The molecule has 6 heteroatoms. The van der Waals surface area contributed by atoms with Crippen molar-refractivity contribution in [2.45, 2.75) is 18.9 Å². The van der Waals surface area contributed by atoms with Gasteiger partial charge in [-0.1, -0.05) is 5.92 Å². The van der Waals surface area contributed by atoms with Crippen molar-refractivity contribution in [1.29, 1.82) is 0 Å². The summed E-state index contributed by atoms with van der Waals surface area (Å²) in [6.07, 6.45) is 13.7. The molecule has 4 rings (SSSR count). The van der Waals surface area contributed by atoms with Crippen molar-refractivity contribution >= 4 is 11.5 Å². The minimum atomic E-state index is -0.00722. The molecule has 0 radical (unpaired) electrons. The number of aromatic nitrogens is 4. The van der Waals surface area contributed by atoms with E-state index in [2.05, 4.69) is 25.9 Å². The summed E-state index contributed by atoms with van der Waals surface area (Å²) in [5.74, 6) is 2.60. The van der Waals surface area contributed by atoms with Gasteiger partial charge >= 0.3 is 0 Å². The predicted octanol–water partition coefficient (Wildman–Crippen LogP) is 1.09. The summed E-state index contributed by atoms with van der Waals surface area (Å²) >= 11 is 0. The molecule has 0 bridgehead atoms. The maximum Gasteiger partial charge on any atom is 0.177 e. The van der Waals surface area contributed by atoms with E-state index in [1.54, 1.807) is 25.0 Å². The summed E-state index contributed by atoms with van der Waals surface area (Å²) in [7, 11) is 0. The first-order chi connectivity index (χ1) is 11.3. The summed E-state index contributed by atoms with van der Waals surface area (Å²) in [4.78, 5) is 22.7. The van der Waals surface area contributed by atoms with Crippen LogP contribution in [0, 0.1) is 12.3 Å². The van der Waals surface area contributed by atoms with Crippen molar-refractivity contribution in [1.82, 2.24) is 24.6 Å². The molecule has 0 N–H and O–H groups in total. The Kier molecular flexibility index (Phi) is 3.19. The fourth-order valence-corrected chi connectivity index (χ4v) is 3.37. The van der Waals surface area contributed by atoms with Gasteiger partial charge < -0.3 is 4.90 Å². The Bertz CT molecular complexity index is 831. The SMILES string of the molecule is C#CC1=C(N2CC[C@@H](n3cncn3)C2)c2ccncc2CC1=O. The Morgan fingerprint density at radius 3 is 3.04 bits per heavy atom. The van der Waals surface area contributed by atoms with Crippen LogP contribution in [0.2, 0.25) is 0 Å². The maximum absolute atomic E-state index is 12.4. The van der Waals surface area contributed by atoms with Crippen molar-refractivity contribution in [2.75, 3.05) is 13.1 Å². The molecular formula is C17H15N5O. The van der Waals surface area contributed by atoms with E-state index in [-0.39, 0.29) is 11.8 Å². The lowest BCUT2D eigenvalue weighted by atomic mass is 9.89. The van der Waals surface area contributed by atoms with Gasteiger partial charge in [-0.25, -0.2) is 9.67 Å². The van der Waals surface area contributed by atoms with Crippen LogP contribution < -0.4 is 0 Å². The molecule has 6 nitrogen and oxygen atoms in total. The van der Waals surface area contributed by atoms with Crippen LogP contribution in [0.1, 0.15) is 23.6 Å². The van der Waals surface area contributed by atoms with E-state index in [1.807, 2.05) is 10.7 Å². The monoisotopic (exact) mass is 305 g/mol. The normalized spacial score (nSPS) is 20.6. The lowest BCUT2D eigenvalue weighted by Crippen LogP contribution is -2.27. The minimum absolute atomic E-state index is 0.00722. The maximum atomic E-state index is 12.4. The summed E-state index contributed by atoms with van der Waals surface area (Å²) in [5.41, 5.74) is 3.30. The third-order valence-electron chi connectivity index (χ3n) is 4.46. The highest BCUT2D eigenvalue weighted by Crippen LogP contribution is 2.35. The third kappa shape index (κ3) is 2.21. The van der Waals surface area contributed by atoms with Crippen molar-refractivity contribution in [3.63, 3.8) is 0 Å². The number of hydrogen-bond acceptors (Lipinski definition) is 5. The van der Waals surface area contributed by atoms with Gasteiger partial charge in [0, 0.05) is 37.5 Å². The van der Waals surface area contributed by atoms with Crippen molar-refractivity contribution < 1.29 is 4.79 Å². The fourth-order valence-electron chi connectivity index (χ4n) is 3.37. The van der Waals surface area contributed by atoms with E-state index in [4.69, 9.17) is 6.42 Å². The largest absolute Gasteiger partial charge is 0.368 e. The van der Waals surface area contributed by atoms with Crippen LogP contribution >= 0.6 is 0 Å². The van der Waals surface area contributed by atoms with Crippen molar-refractivity contribution in [3.05, 3.63) is 47.8 Å². The number of pyridine rings is 1. The number of nitrogens with zero attached hydrogens (tertiary/aromatic N) is 5. The smallest absolute Gasteiger partial charge is 0.177 e. The van der Waals surface area contributed by atoms with E-state index < -0.39 is 0 Å². The number of likely N-dealkylation sites (tertiary alicyclic amines) is 1. The molecule has 1 fully saturated rings. The van der Waals surface area contributed by atoms with Crippen LogP contribution in [0.25, 0.3) is 5.70 Å². The first kappa shape index (κ1) is 13.7. The number of carbonyl (C=O) groups excluding carboxylic acids is 1. The molecule has 0 unspecified atom stereocenters. The Balaban J connectivity index is 1.74. The standard InChI is InChI=1S/C17H15N5O/c1-2-14-16(23)7-12-8-18-5-3-15(12)17(14)21-6-4-13(9-21)22-11-19-10-20-22/h1,3,5,8,10-11,13H,4,6-7,9H2/t13-/m1/s1. The molecule has 0 aromatic carbocycles. The Morgan fingerprint density at radius 1 is 1.35 bits per heavy atom. The number of ketones is 1. The van der Waals surface area contributed by atoms with Crippen LogP contribution in [0.3, 0.4) is 0 Å². The summed E-state index contributed by atoms with van der Waals surface area (Å²) < 4.78 is 1.87. The number of terminal acetylenes is 1. The molecule has 114 valence electrons. The number of rotatable bonds is 2. The number of Topliss-reactive ketones (excluding diaryl/α,β-unsaturated/α-hetero) is 1. The first-order valence-electron chi connectivity index (χ1n) is 7.54. The molecule has 2 aliphatic rings. The van der Waals surface area contributed by atoms with Gasteiger partial charge in [-0.05, 0) is 18.1 Å². The first-order valence-corrected chi connectivity index (χ1v) is 7.54. The van der Waals surface area contributed by atoms with Crippen LogP contribution in [0.4, 0.5) is 0 Å². The van der Waals surface area contributed by atoms with E-state index in [0.717, 1.165) is 36.3 Å². The van der Waals surface area contributed by atoms with Gasteiger partial charge in [0.1, 0.15) is 12.7 Å². The van der Waals surface area contributed by atoms with Gasteiger partial charge in [0.2, 0.25) is 0 Å².